The van der Waals surface area contributed by atoms with Crippen molar-refractivity contribution in [1.29, 1.82) is 0 Å². The van der Waals surface area contributed by atoms with Crippen LogP contribution in [0.2, 0.25) is 0 Å². The van der Waals surface area contributed by atoms with Crippen LogP contribution in [0.15, 0.2) is 42.5 Å². The number of benzene rings is 2. The molecule has 21 heavy (non-hydrogen) atoms. The molecule has 0 bridgehead atoms. The lowest BCUT2D eigenvalue weighted by Crippen LogP contribution is -2.06. The maximum Gasteiger partial charge on any atom is 0.338 e. The molecule has 0 saturated heterocycles. The SMILES string of the molecule is CCOC(=O)c1cccc(NCc2ccc(C)c(F)c2)c1. The van der Waals surface area contributed by atoms with E-state index >= 15 is 0 Å². The Bertz CT molecular complexity index is 640. The van der Waals surface area contributed by atoms with Crippen molar-refractivity contribution in [2.45, 2.75) is 20.4 Å². The minimum atomic E-state index is -0.345. The van der Waals surface area contributed by atoms with Crippen LogP contribution in [0, 0.1) is 12.7 Å². The van der Waals surface area contributed by atoms with Crippen molar-refractivity contribution in [3.63, 3.8) is 0 Å². The molecule has 0 heterocycles. The normalized spacial score (nSPS) is 10.2. The Balaban J connectivity index is 2.04. The van der Waals surface area contributed by atoms with Gasteiger partial charge in [-0.2, -0.15) is 0 Å². The van der Waals surface area contributed by atoms with E-state index in [9.17, 15) is 9.18 Å². The van der Waals surface area contributed by atoms with E-state index < -0.39 is 0 Å². The third-order valence-corrected chi connectivity index (χ3v) is 3.11. The number of ether oxygens (including phenoxy) is 1. The Morgan fingerprint density at radius 3 is 2.76 bits per heavy atom. The van der Waals surface area contributed by atoms with Gasteiger partial charge in [0.15, 0.2) is 0 Å². The number of hydrogen-bond donors (Lipinski definition) is 1. The fourth-order valence-corrected chi connectivity index (χ4v) is 1.92. The number of hydrogen-bond acceptors (Lipinski definition) is 3. The number of halogens is 1. The van der Waals surface area contributed by atoms with Gasteiger partial charge in [0.25, 0.3) is 0 Å². The van der Waals surface area contributed by atoms with Crippen molar-refractivity contribution < 1.29 is 13.9 Å². The molecule has 2 aromatic rings. The number of rotatable bonds is 5. The van der Waals surface area contributed by atoms with Gasteiger partial charge in [0, 0.05) is 12.2 Å². The van der Waals surface area contributed by atoms with Crippen LogP contribution in [0.4, 0.5) is 10.1 Å². The minimum absolute atomic E-state index is 0.213. The fourth-order valence-electron chi connectivity index (χ4n) is 1.92. The summed E-state index contributed by atoms with van der Waals surface area (Å²) in [6.45, 7) is 4.34. The predicted molar refractivity (Wildman–Crippen MR) is 80.9 cm³/mol. The second-order valence-electron chi connectivity index (χ2n) is 4.74. The summed E-state index contributed by atoms with van der Waals surface area (Å²) in [5.41, 5.74) is 2.76. The zero-order valence-electron chi connectivity index (χ0n) is 12.2. The van der Waals surface area contributed by atoms with Crippen molar-refractivity contribution in [1.82, 2.24) is 0 Å². The van der Waals surface area contributed by atoms with Gasteiger partial charge in [-0.25, -0.2) is 9.18 Å². The van der Waals surface area contributed by atoms with Gasteiger partial charge >= 0.3 is 5.97 Å². The molecule has 0 aromatic heterocycles. The van der Waals surface area contributed by atoms with Crippen LogP contribution in [0.1, 0.15) is 28.4 Å². The first-order chi connectivity index (χ1) is 10.1. The van der Waals surface area contributed by atoms with E-state index in [2.05, 4.69) is 5.32 Å². The molecule has 0 aliphatic rings. The van der Waals surface area contributed by atoms with Crippen LogP contribution in [0.25, 0.3) is 0 Å². The molecular formula is C17H18FNO2. The summed E-state index contributed by atoms with van der Waals surface area (Å²) < 4.78 is 18.4. The molecule has 0 fully saturated rings. The highest BCUT2D eigenvalue weighted by molar-refractivity contribution is 5.90. The van der Waals surface area contributed by atoms with Crippen molar-refractivity contribution in [3.05, 3.63) is 65.0 Å². The van der Waals surface area contributed by atoms with Gasteiger partial charge in [-0.15, -0.1) is 0 Å². The van der Waals surface area contributed by atoms with Crippen molar-refractivity contribution in [2.24, 2.45) is 0 Å². The predicted octanol–water partition coefficient (Wildman–Crippen LogP) is 3.92. The van der Waals surface area contributed by atoms with Crippen molar-refractivity contribution in [2.75, 3.05) is 11.9 Å². The van der Waals surface area contributed by atoms with Gasteiger partial charge in [0.2, 0.25) is 0 Å². The molecule has 1 N–H and O–H groups in total. The van der Waals surface area contributed by atoms with E-state index in [1.807, 2.05) is 12.1 Å². The molecular weight excluding hydrogens is 269 g/mol. The summed E-state index contributed by atoms with van der Waals surface area (Å²) in [7, 11) is 0. The molecule has 3 nitrogen and oxygen atoms in total. The molecule has 0 amide bonds. The minimum Gasteiger partial charge on any atom is -0.462 e. The molecule has 0 aliphatic heterocycles. The number of nitrogens with one attached hydrogen (secondary N) is 1. The Morgan fingerprint density at radius 2 is 2.05 bits per heavy atom. The second kappa shape index (κ2) is 6.88. The van der Waals surface area contributed by atoms with Crippen LogP contribution in [-0.2, 0) is 11.3 Å². The maximum absolute atomic E-state index is 13.5. The summed E-state index contributed by atoms with van der Waals surface area (Å²) in [6, 6.07) is 12.2. The molecule has 0 saturated carbocycles. The van der Waals surface area contributed by atoms with E-state index in [0.29, 0.717) is 24.3 Å². The summed E-state index contributed by atoms with van der Waals surface area (Å²) in [5, 5.41) is 3.17. The van der Waals surface area contributed by atoms with Crippen molar-refractivity contribution >= 4 is 11.7 Å². The van der Waals surface area contributed by atoms with Gasteiger partial charge in [-0.3, -0.25) is 0 Å². The highest BCUT2D eigenvalue weighted by Gasteiger charge is 2.06. The molecule has 0 radical (unpaired) electrons. The largest absolute Gasteiger partial charge is 0.462 e. The molecule has 110 valence electrons. The van der Waals surface area contributed by atoms with Gasteiger partial charge < -0.3 is 10.1 Å². The van der Waals surface area contributed by atoms with Crippen LogP contribution in [0.5, 0.6) is 0 Å². The molecule has 0 spiro atoms. The maximum atomic E-state index is 13.5. The Hall–Kier alpha value is -2.36. The number of esters is 1. The van der Waals surface area contributed by atoms with E-state index in [1.54, 1.807) is 38.1 Å². The van der Waals surface area contributed by atoms with Gasteiger partial charge in [-0.05, 0) is 49.2 Å². The summed E-state index contributed by atoms with van der Waals surface area (Å²) in [6.07, 6.45) is 0. The zero-order chi connectivity index (χ0) is 15.2. The van der Waals surface area contributed by atoms with Crippen LogP contribution >= 0.6 is 0 Å². The highest BCUT2D eigenvalue weighted by Crippen LogP contribution is 2.14. The number of aryl methyl sites for hydroxylation is 1. The zero-order valence-corrected chi connectivity index (χ0v) is 12.2. The Kier molecular flexibility index (Phi) is 4.93. The topological polar surface area (TPSA) is 38.3 Å². The van der Waals surface area contributed by atoms with Crippen LogP contribution in [0.3, 0.4) is 0 Å². The van der Waals surface area contributed by atoms with Gasteiger partial charge in [0.05, 0.1) is 12.2 Å². The summed E-state index contributed by atoms with van der Waals surface area (Å²) in [5.74, 6) is -0.558. The number of carbonyl (C=O) groups excluding carboxylic acids is 1. The average molecular weight is 287 g/mol. The van der Waals surface area contributed by atoms with E-state index in [1.165, 1.54) is 6.07 Å². The summed E-state index contributed by atoms with van der Waals surface area (Å²) in [4.78, 5) is 11.7. The van der Waals surface area contributed by atoms with E-state index in [0.717, 1.165) is 11.3 Å². The van der Waals surface area contributed by atoms with Crippen molar-refractivity contribution in [3.8, 4) is 0 Å². The molecule has 0 aliphatic carbocycles. The van der Waals surface area contributed by atoms with Gasteiger partial charge in [0.1, 0.15) is 5.82 Å². The Morgan fingerprint density at radius 1 is 1.24 bits per heavy atom. The third-order valence-electron chi connectivity index (χ3n) is 3.11. The first-order valence-corrected chi connectivity index (χ1v) is 6.86. The molecule has 2 rings (SSSR count). The lowest BCUT2D eigenvalue weighted by Gasteiger charge is -2.09. The first-order valence-electron chi connectivity index (χ1n) is 6.86. The first kappa shape index (κ1) is 15.0. The smallest absolute Gasteiger partial charge is 0.338 e. The van der Waals surface area contributed by atoms with Crippen LogP contribution in [-0.4, -0.2) is 12.6 Å². The quantitative estimate of drug-likeness (QED) is 0.847. The number of carbonyl (C=O) groups is 1. The molecule has 4 heteroatoms. The summed E-state index contributed by atoms with van der Waals surface area (Å²) >= 11 is 0. The van der Waals surface area contributed by atoms with E-state index in [-0.39, 0.29) is 11.8 Å². The standard InChI is InChI=1S/C17H18FNO2/c1-3-21-17(20)14-5-4-6-15(10-14)19-11-13-8-7-12(2)16(18)9-13/h4-10,19H,3,11H2,1-2H3. The Labute approximate surface area is 123 Å². The second-order valence-corrected chi connectivity index (χ2v) is 4.74. The lowest BCUT2D eigenvalue weighted by molar-refractivity contribution is 0.0526. The number of anilines is 1. The monoisotopic (exact) mass is 287 g/mol. The fraction of sp³-hybridized carbons (Fsp3) is 0.235. The van der Waals surface area contributed by atoms with E-state index in [4.69, 9.17) is 4.74 Å². The van der Waals surface area contributed by atoms with Crippen LogP contribution < -0.4 is 5.32 Å². The molecule has 2 aromatic carbocycles. The molecule has 0 atom stereocenters. The third kappa shape index (κ3) is 4.05. The van der Waals surface area contributed by atoms with Gasteiger partial charge in [-0.1, -0.05) is 18.2 Å². The average Bonchev–Trinajstić information content (AvgIpc) is 2.49. The molecule has 0 unspecified atom stereocenters. The highest BCUT2D eigenvalue weighted by atomic mass is 19.1. The lowest BCUT2D eigenvalue weighted by atomic mass is 10.1.